The lowest BCUT2D eigenvalue weighted by molar-refractivity contribution is -0.160. The van der Waals surface area contributed by atoms with Crippen LogP contribution in [0.4, 0.5) is 10.1 Å². The number of fused-ring (bicyclic) bond motifs is 1. The SMILES string of the molecule is Cc1cc(F)ccc1CN1CCc2cc(-c3c(CN=[N+]=[N-])nc(C)c(C(OC(C)(C)C)C(=O)O)c3N3CCC(C)(C)CC3)ccc2C1. The van der Waals surface area contributed by atoms with Crippen LogP contribution in [-0.4, -0.2) is 46.2 Å². The zero-order chi connectivity index (χ0) is 34.1. The minimum atomic E-state index is -1.24. The minimum Gasteiger partial charge on any atom is -0.479 e. The van der Waals surface area contributed by atoms with Crippen molar-refractivity contribution >= 4 is 11.7 Å². The third-order valence-corrected chi connectivity index (χ3v) is 9.43. The van der Waals surface area contributed by atoms with Crippen LogP contribution in [-0.2, 0) is 35.6 Å². The molecule has 0 aliphatic carbocycles. The molecule has 0 saturated carbocycles. The van der Waals surface area contributed by atoms with Crippen LogP contribution in [0.2, 0.25) is 0 Å². The van der Waals surface area contributed by atoms with E-state index in [1.807, 2.05) is 40.7 Å². The summed E-state index contributed by atoms with van der Waals surface area (Å²) >= 11 is 0. The number of azide groups is 1. The molecular formula is C37H47FN6O3. The van der Waals surface area contributed by atoms with Crippen molar-refractivity contribution in [1.29, 1.82) is 0 Å². The number of hydrogen-bond donors (Lipinski definition) is 1. The molecule has 1 aromatic heterocycles. The van der Waals surface area contributed by atoms with E-state index in [2.05, 4.69) is 51.9 Å². The van der Waals surface area contributed by atoms with Crippen molar-refractivity contribution < 1.29 is 19.0 Å². The fourth-order valence-electron chi connectivity index (χ4n) is 6.82. The molecule has 0 amide bonds. The second-order valence-electron chi connectivity index (χ2n) is 14.8. The first kappa shape index (κ1) is 34.4. The Bertz CT molecular complexity index is 1700. The van der Waals surface area contributed by atoms with Crippen molar-refractivity contribution in [3.8, 4) is 11.1 Å². The summed E-state index contributed by atoms with van der Waals surface area (Å²) < 4.78 is 19.9. The molecule has 1 saturated heterocycles. The van der Waals surface area contributed by atoms with Gasteiger partial charge >= 0.3 is 5.97 Å². The third kappa shape index (κ3) is 7.95. The van der Waals surface area contributed by atoms with Gasteiger partial charge in [0.1, 0.15) is 5.82 Å². The summed E-state index contributed by atoms with van der Waals surface area (Å²) in [5, 5.41) is 14.5. The molecule has 0 spiro atoms. The summed E-state index contributed by atoms with van der Waals surface area (Å²) in [6, 6.07) is 11.4. The topological polar surface area (TPSA) is 115 Å². The van der Waals surface area contributed by atoms with E-state index in [-0.39, 0.29) is 17.8 Å². The molecule has 1 atom stereocenters. The van der Waals surface area contributed by atoms with E-state index in [1.54, 1.807) is 6.07 Å². The Balaban J connectivity index is 1.63. The predicted octanol–water partition coefficient (Wildman–Crippen LogP) is 8.44. The highest BCUT2D eigenvalue weighted by Gasteiger charge is 2.37. The molecular weight excluding hydrogens is 595 g/mol. The number of aromatic nitrogens is 1. The Hall–Kier alpha value is -3.98. The van der Waals surface area contributed by atoms with Gasteiger partial charge in [0.25, 0.3) is 0 Å². The number of rotatable bonds is 9. The number of pyridine rings is 1. The summed E-state index contributed by atoms with van der Waals surface area (Å²) in [6.45, 7) is 17.8. The lowest BCUT2D eigenvalue weighted by Crippen LogP contribution is -2.39. The van der Waals surface area contributed by atoms with Crippen LogP contribution in [0.15, 0.2) is 41.5 Å². The van der Waals surface area contributed by atoms with Gasteiger partial charge in [-0.1, -0.05) is 43.2 Å². The number of nitrogens with zero attached hydrogens (tertiary/aromatic N) is 6. The van der Waals surface area contributed by atoms with E-state index in [1.165, 1.54) is 17.2 Å². The van der Waals surface area contributed by atoms with Gasteiger partial charge in [-0.25, -0.2) is 9.18 Å². The first-order chi connectivity index (χ1) is 22.2. The average Bonchev–Trinajstić information content (AvgIpc) is 2.99. The molecule has 47 heavy (non-hydrogen) atoms. The molecule has 2 aliphatic heterocycles. The number of carbonyl (C=O) groups is 1. The maximum atomic E-state index is 13.7. The van der Waals surface area contributed by atoms with Gasteiger partial charge in [-0.15, -0.1) is 0 Å². The Morgan fingerprint density at radius 2 is 1.85 bits per heavy atom. The molecule has 0 radical (unpaired) electrons. The highest BCUT2D eigenvalue weighted by molar-refractivity contribution is 5.88. The van der Waals surface area contributed by atoms with Gasteiger partial charge in [0, 0.05) is 54.5 Å². The van der Waals surface area contributed by atoms with Gasteiger partial charge in [0.05, 0.1) is 23.5 Å². The summed E-state index contributed by atoms with van der Waals surface area (Å²) in [5.74, 6) is -1.29. The Morgan fingerprint density at radius 3 is 2.49 bits per heavy atom. The zero-order valence-corrected chi connectivity index (χ0v) is 28.7. The lowest BCUT2D eigenvalue weighted by Gasteiger charge is -2.41. The van der Waals surface area contributed by atoms with Gasteiger partial charge < -0.3 is 14.7 Å². The van der Waals surface area contributed by atoms with Crippen molar-refractivity contribution in [1.82, 2.24) is 9.88 Å². The van der Waals surface area contributed by atoms with Crippen LogP contribution < -0.4 is 4.90 Å². The number of benzene rings is 2. The monoisotopic (exact) mass is 642 g/mol. The van der Waals surface area contributed by atoms with Crippen molar-refractivity contribution in [3.63, 3.8) is 0 Å². The van der Waals surface area contributed by atoms with E-state index in [0.717, 1.165) is 79.9 Å². The van der Waals surface area contributed by atoms with Crippen LogP contribution in [0.1, 0.15) is 92.8 Å². The van der Waals surface area contributed by atoms with E-state index in [4.69, 9.17) is 9.72 Å². The van der Waals surface area contributed by atoms with Crippen LogP contribution in [0, 0.1) is 25.1 Å². The van der Waals surface area contributed by atoms with Crippen LogP contribution in [0.5, 0.6) is 0 Å². The predicted molar refractivity (Wildman–Crippen MR) is 183 cm³/mol. The van der Waals surface area contributed by atoms with Gasteiger partial charge in [-0.05, 0) is 105 Å². The maximum Gasteiger partial charge on any atom is 0.337 e. The molecule has 0 bridgehead atoms. The largest absolute Gasteiger partial charge is 0.479 e. The molecule has 1 N–H and O–H groups in total. The number of piperidine rings is 1. The standard InChI is InChI=1S/C37H47FN6O3/c1-23-18-29(38)11-10-27(23)21-43-15-12-25-19-26(8-9-28(25)22-43)32-30(20-40-42-39)41-24(2)31(34(35(45)46)47-36(3,4)5)33(32)44-16-13-37(6,7)14-17-44/h8-11,18-19,34H,12-17,20-22H2,1-7H3,(H,45,46). The number of ether oxygens (including phenoxy) is 1. The van der Waals surface area contributed by atoms with Crippen LogP contribution >= 0.6 is 0 Å². The summed E-state index contributed by atoms with van der Waals surface area (Å²) in [4.78, 5) is 25.5. The molecule has 3 aromatic rings. The van der Waals surface area contributed by atoms with Crippen LogP contribution in [0.25, 0.3) is 21.6 Å². The number of aliphatic carboxylic acids is 1. The highest BCUT2D eigenvalue weighted by Crippen LogP contribution is 2.45. The number of carboxylic acids is 1. The molecule has 5 rings (SSSR count). The van der Waals surface area contributed by atoms with Crippen molar-refractivity contribution in [3.05, 3.63) is 91.9 Å². The minimum absolute atomic E-state index is 0.0407. The molecule has 1 unspecified atom stereocenters. The zero-order valence-electron chi connectivity index (χ0n) is 28.7. The van der Waals surface area contributed by atoms with Gasteiger partial charge in [0.2, 0.25) is 0 Å². The first-order valence-corrected chi connectivity index (χ1v) is 16.4. The highest BCUT2D eigenvalue weighted by atomic mass is 19.1. The molecule has 1 fully saturated rings. The summed E-state index contributed by atoms with van der Waals surface area (Å²) in [6.07, 6.45) is 1.49. The van der Waals surface area contributed by atoms with E-state index in [0.29, 0.717) is 17.0 Å². The summed E-state index contributed by atoms with van der Waals surface area (Å²) in [7, 11) is 0. The molecule has 3 heterocycles. The van der Waals surface area contributed by atoms with Crippen molar-refractivity contribution in [2.75, 3.05) is 24.5 Å². The molecule has 10 heteroatoms. The molecule has 250 valence electrons. The Kier molecular flexibility index (Phi) is 9.96. The van der Waals surface area contributed by atoms with Gasteiger partial charge in [0.15, 0.2) is 6.10 Å². The number of anilines is 1. The number of carboxylic acid groups (broad SMARTS) is 1. The van der Waals surface area contributed by atoms with E-state index < -0.39 is 17.7 Å². The number of hydrogen-bond acceptors (Lipinski definition) is 6. The summed E-state index contributed by atoms with van der Waals surface area (Å²) in [5.41, 5.74) is 17.5. The van der Waals surface area contributed by atoms with Gasteiger partial charge in [-0.3, -0.25) is 9.88 Å². The van der Waals surface area contributed by atoms with E-state index in [9.17, 15) is 19.8 Å². The maximum absolute atomic E-state index is 13.7. The number of aryl methyl sites for hydroxylation is 2. The third-order valence-electron chi connectivity index (χ3n) is 9.43. The van der Waals surface area contributed by atoms with E-state index >= 15 is 0 Å². The smallest absolute Gasteiger partial charge is 0.337 e. The fourth-order valence-corrected chi connectivity index (χ4v) is 6.82. The second kappa shape index (κ2) is 13.6. The van der Waals surface area contributed by atoms with Crippen molar-refractivity contribution in [2.45, 2.75) is 99.1 Å². The Morgan fingerprint density at radius 1 is 1.13 bits per heavy atom. The quantitative estimate of drug-likeness (QED) is 0.142. The Labute approximate surface area is 277 Å². The molecule has 2 aromatic carbocycles. The lowest BCUT2D eigenvalue weighted by atomic mass is 9.81. The second-order valence-corrected chi connectivity index (χ2v) is 14.8. The number of halogens is 1. The average molecular weight is 643 g/mol. The van der Waals surface area contributed by atoms with Gasteiger partial charge in [-0.2, -0.15) is 0 Å². The first-order valence-electron chi connectivity index (χ1n) is 16.4. The molecule has 9 nitrogen and oxygen atoms in total. The fraction of sp³-hybridized carbons (Fsp3) is 0.514. The van der Waals surface area contributed by atoms with Crippen molar-refractivity contribution in [2.24, 2.45) is 10.5 Å². The normalized spacial score (nSPS) is 17.1. The molecule has 2 aliphatic rings. The van der Waals surface area contributed by atoms with Crippen LogP contribution in [0.3, 0.4) is 0 Å².